The second-order valence-corrected chi connectivity index (χ2v) is 5.01. The largest absolute Gasteiger partial charge is 0.304 e. The van der Waals surface area contributed by atoms with Crippen molar-refractivity contribution in [1.29, 1.82) is 0 Å². The molecule has 3 aromatic heterocycles. The van der Waals surface area contributed by atoms with E-state index < -0.39 is 0 Å². The minimum atomic E-state index is -0.196. The second-order valence-electron chi connectivity index (χ2n) is 4.35. The third-order valence-electron chi connectivity index (χ3n) is 2.84. The fourth-order valence-corrected chi connectivity index (χ4v) is 2.20. The first-order chi connectivity index (χ1) is 9.15. The van der Waals surface area contributed by atoms with E-state index in [-0.39, 0.29) is 5.38 Å². The summed E-state index contributed by atoms with van der Waals surface area (Å²) in [5, 5.41) is 4.08. The molecule has 1 atom stereocenters. The number of pyridine rings is 1. The number of alkyl halides is 1. The number of rotatable bonds is 3. The Kier molecular flexibility index (Phi) is 2.94. The smallest absolute Gasteiger partial charge is 0.170 e. The molecular weight excluding hydrogens is 264 g/mol. The van der Waals surface area contributed by atoms with Gasteiger partial charge in [0.15, 0.2) is 11.5 Å². The monoisotopic (exact) mass is 276 g/mol. The normalized spacial score (nSPS) is 13.0. The van der Waals surface area contributed by atoms with Gasteiger partial charge in [-0.05, 0) is 19.1 Å². The van der Waals surface area contributed by atoms with Gasteiger partial charge >= 0.3 is 0 Å². The molecule has 0 saturated carbocycles. The van der Waals surface area contributed by atoms with E-state index >= 15 is 0 Å². The molecule has 0 amide bonds. The van der Waals surface area contributed by atoms with Crippen LogP contribution in [0.2, 0.25) is 0 Å². The van der Waals surface area contributed by atoms with Crippen LogP contribution in [0.1, 0.15) is 23.9 Å². The standard InChI is InChI=1S/C12H13ClN6/c1-8(13)11-16-9-4-3-5-14-12(9)19(11)6-10-15-7-18(2)17-10/h3-5,7-8H,6H2,1-2H3. The predicted octanol–water partition coefficient (Wildman–Crippen LogP) is 1.91. The first-order valence-corrected chi connectivity index (χ1v) is 6.38. The highest BCUT2D eigenvalue weighted by molar-refractivity contribution is 6.20. The number of halogens is 1. The van der Waals surface area contributed by atoms with Crippen LogP contribution in [0.4, 0.5) is 0 Å². The zero-order chi connectivity index (χ0) is 13.4. The molecule has 3 rings (SSSR count). The van der Waals surface area contributed by atoms with Gasteiger partial charge < -0.3 is 4.57 Å². The van der Waals surface area contributed by atoms with Gasteiger partial charge in [0.05, 0.1) is 11.9 Å². The fraction of sp³-hybridized carbons (Fsp3) is 0.333. The maximum absolute atomic E-state index is 6.19. The maximum Gasteiger partial charge on any atom is 0.170 e. The van der Waals surface area contributed by atoms with Crippen LogP contribution in [0.25, 0.3) is 11.2 Å². The van der Waals surface area contributed by atoms with Crippen LogP contribution in [0.15, 0.2) is 24.7 Å². The molecule has 3 aromatic rings. The Morgan fingerprint density at radius 3 is 2.89 bits per heavy atom. The average Bonchev–Trinajstić information content (AvgIpc) is 2.95. The molecule has 0 aliphatic heterocycles. The van der Waals surface area contributed by atoms with Crippen LogP contribution in [0.5, 0.6) is 0 Å². The van der Waals surface area contributed by atoms with Crippen molar-refractivity contribution in [2.45, 2.75) is 18.8 Å². The number of aryl methyl sites for hydroxylation is 1. The lowest BCUT2D eigenvalue weighted by Crippen LogP contribution is -2.08. The molecule has 0 saturated heterocycles. The third-order valence-corrected chi connectivity index (χ3v) is 3.03. The maximum atomic E-state index is 6.19. The highest BCUT2D eigenvalue weighted by Crippen LogP contribution is 2.23. The lowest BCUT2D eigenvalue weighted by atomic mass is 10.4. The molecule has 0 fully saturated rings. The van der Waals surface area contributed by atoms with E-state index in [9.17, 15) is 0 Å². The number of fused-ring (bicyclic) bond motifs is 1. The zero-order valence-electron chi connectivity index (χ0n) is 10.7. The molecule has 3 heterocycles. The lowest BCUT2D eigenvalue weighted by Gasteiger charge is -2.07. The number of hydrogen-bond donors (Lipinski definition) is 0. The summed E-state index contributed by atoms with van der Waals surface area (Å²) >= 11 is 6.19. The van der Waals surface area contributed by atoms with Crippen LogP contribution in [0, 0.1) is 0 Å². The third kappa shape index (κ3) is 2.19. The van der Waals surface area contributed by atoms with Gasteiger partial charge in [0.2, 0.25) is 0 Å². The fourth-order valence-electron chi connectivity index (χ4n) is 2.03. The van der Waals surface area contributed by atoms with Gasteiger partial charge in [0, 0.05) is 13.2 Å². The van der Waals surface area contributed by atoms with E-state index in [2.05, 4.69) is 20.1 Å². The van der Waals surface area contributed by atoms with E-state index in [0.29, 0.717) is 12.4 Å². The lowest BCUT2D eigenvalue weighted by molar-refractivity contribution is 0.680. The first-order valence-electron chi connectivity index (χ1n) is 5.95. The zero-order valence-corrected chi connectivity index (χ0v) is 11.4. The molecule has 0 radical (unpaired) electrons. The molecule has 7 heteroatoms. The molecule has 1 unspecified atom stereocenters. The number of aromatic nitrogens is 6. The van der Waals surface area contributed by atoms with Crippen LogP contribution in [-0.4, -0.2) is 29.3 Å². The Labute approximate surface area is 115 Å². The van der Waals surface area contributed by atoms with Crippen molar-refractivity contribution in [3.8, 4) is 0 Å². The van der Waals surface area contributed by atoms with Crippen LogP contribution in [-0.2, 0) is 13.6 Å². The topological polar surface area (TPSA) is 61.4 Å². The Morgan fingerprint density at radius 1 is 1.37 bits per heavy atom. The molecule has 0 spiro atoms. The summed E-state index contributed by atoms with van der Waals surface area (Å²) in [5.41, 5.74) is 1.64. The van der Waals surface area contributed by atoms with Crippen LogP contribution >= 0.6 is 11.6 Å². The van der Waals surface area contributed by atoms with Crippen molar-refractivity contribution in [1.82, 2.24) is 29.3 Å². The van der Waals surface area contributed by atoms with Crippen LogP contribution < -0.4 is 0 Å². The minimum Gasteiger partial charge on any atom is -0.304 e. The summed E-state index contributed by atoms with van der Waals surface area (Å²) in [5.74, 6) is 1.49. The van der Waals surface area contributed by atoms with Crippen molar-refractivity contribution >= 4 is 22.8 Å². The summed E-state index contributed by atoms with van der Waals surface area (Å²) in [6.45, 7) is 2.41. The summed E-state index contributed by atoms with van der Waals surface area (Å²) in [6.07, 6.45) is 3.42. The molecule has 0 aliphatic rings. The highest BCUT2D eigenvalue weighted by Gasteiger charge is 2.16. The number of imidazole rings is 1. The first kappa shape index (κ1) is 12.1. The summed E-state index contributed by atoms with van der Waals surface area (Å²) in [4.78, 5) is 13.1. The minimum absolute atomic E-state index is 0.196. The van der Waals surface area contributed by atoms with Gasteiger partial charge in [-0.3, -0.25) is 4.68 Å². The predicted molar refractivity (Wildman–Crippen MR) is 71.9 cm³/mol. The van der Waals surface area contributed by atoms with Crippen molar-refractivity contribution < 1.29 is 0 Å². The average molecular weight is 277 g/mol. The quantitative estimate of drug-likeness (QED) is 0.686. The second kappa shape index (κ2) is 4.62. The number of nitrogens with zero attached hydrogens (tertiary/aromatic N) is 6. The molecular formula is C12H13ClN6. The molecule has 0 aromatic carbocycles. The van der Waals surface area contributed by atoms with Crippen molar-refractivity contribution in [2.24, 2.45) is 7.05 Å². The SMILES string of the molecule is CC(Cl)c1nc2cccnc2n1Cc1ncn(C)n1. The molecule has 0 bridgehead atoms. The Morgan fingerprint density at radius 2 is 2.21 bits per heavy atom. The van der Waals surface area contributed by atoms with Gasteiger partial charge in [0.1, 0.15) is 17.7 Å². The van der Waals surface area contributed by atoms with Gasteiger partial charge in [-0.2, -0.15) is 5.10 Å². The van der Waals surface area contributed by atoms with Crippen molar-refractivity contribution in [3.63, 3.8) is 0 Å². The molecule has 19 heavy (non-hydrogen) atoms. The Balaban J connectivity index is 2.12. The highest BCUT2D eigenvalue weighted by atomic mass is 35.5. The van der Waals surface area contributed by atoms with E-state index in [1.807, 2.05) is 30.7 Å². The molecule has 0 aliphatic carbocycles. The Bertz CT molecular complexity index is 714. The van der Waals surface area contributed by atoms with Gasteiger partial charge in [-0.1, -0.05) is 0 Å². The summed E-state index contributed by atoms with van der Waals surface area (Å²) in [6, 6.07) is 3.79. The summed E-state index contributed by atoms with van der Waals surface area (Å²) in [7, 11) is 1.84. The van der Waals surface area contributed by atoms with Gasteiger partial charge in [-0.15, -0.1) is 11.6 Å². The molecule has 6 nitrogen and oxygen atoms in total. The van der Waals surface area contributed by atoms with E-state index in [1.165, 1.54) is 0 Å². The Hall–Kier alpha value is -1.95. The van der Waals surface area contributed by atoms with E-state index in [1.54, 1.807) is 17.2 Å². The van der Waals surface area contributed by atoms with Gasteiger partial charge in [0.25, 0.3) is 0 Å². The molecule has 98 valence electrons. The van der Waals surface area contributed by atoms with Gasteiger partial charge in [-0.25, -0.2) is 15.0 Å². The number of hydrogen-bond acceptors (Lipinski definition) is 4. The van der Waals surface area contributed by atoms with Crippen molar-refractivity contribution in [3.05, 3.63) is 36.3 Å². The molecule has 0 N–H and O–H groups in total. The van der Waals surface area contributed by atoms with E-state index in [0.717, 1.165) is 17.0 Å². The van der Waals surface area contributed by atoms with E-state index in [4.69, 9.17) is 11.6 Å². The summed E-state index contributed by atoms with van der Waals surface area (Å²) < 4.78 is 3.63. The van der Waals surface area contributed by atoms with Crippen LogP contribution in [0.3, 0.4) is 0 Å². The van der Waals surface area contributed by atoms with Crippen molar-refractivity contribution in [2.75, 3.05) is 0 Å².